The Hall–Kier alpha value is -1.77. The third kappa shape index (κ3) is 1.69. The Morgan fingerprint density at radius 2 is 1.62 bits per heavy atom. The van der Waals surface area contributed by atoms with Gasteiger partial charge in [-0.05, 0) is 32.9 Å². The number of rotatable bonds is 1. The van der Waals surface area contributed by atoms with Crippen LogP contribution in [0.1, 0.15) is 16.7 Å². The predicted octanol–water partition coefficient (Wildman–Crippen LogP) is 2.31. The van der Waals surface area contributed by atoms with Crippen molar-refractivity contribution in [3.63, 3.8) is 0 Å². The molecule has 0 aliphatic heterocycles. The highest BCUT2D eigenvalue weighted by Gasteiger charge is 2.10. The van der Waals surface area contributed by atoms with E-state index in [2.05, 4.69) is 37.1 Å². The van der Waals surface area contributed by atoms with E-state index in [9.17, 15) is 4.79 Å². The van der Waals surface area contributed by atoms with Gasteiger partial charge in [-0.15, -0.1) is 0 Å². The fraction of sp³-hybridized carbons (Fsp3) is 0.308. The summed E-state index contributed by atoms with van der Waals surface area (Å²) >= 11 is 0. The van der Waals surface area contributed by atoms with Crippen LogP contribution >= 0.6 is 0 Å². The number of hydrogen-bond acceptors (Lipinski definition) is 1. The first-order chi connectivity index (χ1) is 7.49. The van der Waals surface area contributed by atoms with Crippen LogP contribution in [0, 0.1) is 20.8 Å². The molecule has 0 aliphatic carbocycles. The van der Waals surface area contributed by atoms with Gasteiger partial charge in [0, 0.05) is 18.2 Å². The van der Waals surface area contributed by atoms with E-state index in [-0.39, 0.29) is 5.56 Å². The van der Waals surface area contributed by atoms with Crippen molar-refractivity contribution in [3.8, 4) is 11.3 Å². The quantitative estimate of drug-likeness (QED) is 0.780. The van der Waals surface area contributed by atoms with Crippen LogP contribution < -0.4 is 5.56 Å². The third-order valence-corrected chi connectivity index (χ3v) is 2.79. The topological polar surface area (TPSA) is 37.8 Å². The molecule has 1 aromatic heterocycles. The van der Waals surface area contributed by atoms with Crippen LogP contribution in [-0.4, -0.2) is 9.78 Å². The molecule has 0 fully saturated rings. The van der Waals surface area contributed by atoms with Gasteiger partial charge in [0.05, 0.1) is 5.69 Å². The van der Waals surface area contributed by atoms with Crippen LogP contribution in [-0.2, 0) is 7.05 Å². The summed E-state index contributed by atoms with van der Waals surface area (Å²) in [6.45, 7) is 5.98. The van der Waals surface area contributed by atoms with Crippen molar-refractivity contribution in [2.75, 3.05) is 0 Å². The van der Waals surface area contributed by atoms with Crippen molar-refractivity contribution >= 4 is 0 Å². The molecule has 1 aromatic carbocycles. The molecule has 0 unspecified atom stereocenters. The van der Waals surface area contributed by atoms with E-state index in [0.717, 1.165) is 16.8 Å². The van der Waals surface area contributed by atoms with Crippen LogP contribution in [0.4, 0.5) is 0 Å². The number of aromatic amines is 1. The summed E-state index contributed by atoms with van der Waals surface area (Å²) in [5.41, 5.74) is 5.21. The molecular formula is C13H16N2O. The van der Waals surface area contributed by atoms with E-state index in [1.807, 2.05) is 6.92 Å². The minimum atomic E-state index is 0.0363. The van der Waals surface area contributed by atoms with E-state index >= 15 is 0 Å². The van der Waals surface area contributed by atoms with Gasteiger partial charge in [0.1, 0.15) is 0 Å². The largest absolute Gasteiger partial charge is 0.295 e. The Labute approximate surface area is 94.7 Å². The molecule has 0 aliphatic rings. The first-order valence-electron chi connectivity index (χ1n) is 5.33. The molecule has 3 nitrogen and oxygen atoms in total. The maximum absolute atomic E-state index is 11.7. The molecule has 0 amide bonds. The number of nitrogens with zero attached hydrogens (tertiary/aromatic N) is 1. The Kier molecular flexibility index (Phi) is 2.46. The number of hydrogen-bond donors (Lipinski definition) is 1. The van der Waals surface area contributed by atoms with Gasteiger partial charge in [0.15, 0.2) is 0 Å². The van der Waals surface area contributed by atoms with E-state index < -0.39 is 0 Å². The summed E-state index contributed by atoms with van der Waals surface area (Å²) < 4.78 is 1.52. The van der Waals surface area contributed by atoms with Crippen molar-refractivity contribution in [2.24, 2.45) is 7.05 Å². The SMILES string of the molecule is Cc1cc(C)cc(-c2[nH]n(C)c(=O)c2C)c1. The van der Waals surface area contributed by atoms with Gasteiger partial charge in [-0.3, -0.25) is 14.6 Å². The van der Waals surface area contributed by atoms with Gasteiger partial charge in [0.25, 0.3) is 5.56 Å². The highest BCUT2D eigenvalue weighted by atomic mass is 16.1. The highest BCUT2D eigenvalue weighted by Crippen LogP contribution is 2.21. The molecule has 16 heavy (non-hydrogen) atoms. The molecule has 0 radical (unpaired) electrons. The van der Waals surface area contributed by atoms with Crippen molar-refractivity contribution in [2.45, 2.75) is 20.8 Å². The maximum Gasteiger partial charge on any atom is 0.269 e. The second-order valence-corrected chi connectivity index (χ2v) is 4.35. The van der Waals surface area contributed by atoms with Crippen molar-refractivity contribution in [3.05, 3.63) is 45.2 Å². The molecule has 0 saturated carbocycles. The van der Waals surface area contributed by atoms with Crippen LogP contribution in [0.5, 0.6) is 0 Å². The van der Waals surface area contributed by atoms with Gasteiger partial charge < -0.3 is 0 Å². The average molecular weight is 216 g/mol. The van der Waals surface area contributed by atoms with Gasteiger partial charge in [-0.25, -0.2) is 0 Å². The van der Waals surface area contributed by atoms with Crippen LogP contribution in [0.2, 0.25) is 0 Å². The molecule has 0 saturated heterocycles. The monoisotopic (exact) mass is 216 g/mol. The van der Waals surface area contributed by atoms with Crippen LogP contribution in [0.25, 0.3) is 11.3 Å². The van der Waals surface area contributed by atoms with Crippen LogP contribution in [0.3, 0.4) is 0 Å². The maximum atomic E-state index is 11.7. The number of benzene rings is 1. The van der Waals surface area contributed by atoms with Crippen molar-refractivity contribution in [1.82, 2.24) is 9.78 Å². The zero-order valence-corrected chi connectivity index (χ0v) is 10.1. The number of aryl methyl sites for hydroxylation is 3. The Bertz CT molecular complexity index is 570. The third-order valence-electron chi connectivity index (χ3n) is 2.79. The summed E-state index contributed by atoms with van der Waals surface area (Å²) in [6.07, 6.45) is 0. The average Bonchev–Trinajstić information content (AvgIpc) is 2.44. The predicted molar refractivity (Wildman–Crippen MR) is 65.7 cm³/mol. The summed E-state index contributed by atoms with van der Waals surface area (Å²) in [6, 6.07) is 6.30. The highest BCUT2D eigenvalue weighted by molar-refractivity contribution is 5.64. The lowest BCUT2D eigenvalue weighted by Gasteiger charge is -2.03. The standard InChI is InChI=1S/C13H16N2O/c1-8-5-9(2)7-11(6-8)12-10(3)13(16)15(4)14-12/h5-7,14H,1-4H3. The molecule has 1 heterocycles. The van der Waals surface area contributed by atoms with Gasteiger partial charge in [-0.2, -0.15) is 0 Å². The second-order valence-electron chi connectivity index (χ2n) is 4.35. The smallest absolute Gasteiger partial charge is 0.269 e. The lowest BCUT2D eigenvalue weighted by molar-refractivity contribution is 0.741. The van der Waals surface area contributed by atoms with E-state index in [0.29, 0.717) is 0 Å². The summed E-state index contributed by atoms with van der Waals surface area (Å²) in [4.78, 5) is 11.7. The first-order valence-corrected chi connectivity index (χ1v) is 5.33. The molecule has 2 aromatic rings. The van der Waals surface area contributed by atoms with E-state index in [4.69, 9.17) is 0 Å². The van der Waals surface area contributed by atoms with E-state index in [1.54, 1.807) is 7.05 Å². The van der Waals surface area contributed by atoms with Gasteiger partial charge >= 0.3 is 0 Å². The molecule has 0 spiro atoms. The normalized spacial score (nSPS) is 10.8. The molecule has 1 N–H and O–H groups in total. The first kappa shape index (κ1) is 10.7. The van der Waals surface area contributed by atoms with Crippen LogP contribution in [0.15, 0.2) is 23.0 Å². The Balaban J connectivity index is 2.67. The number of nitrogens with one attached hydrogen (secondary N) is 1. The minimum absolute atomic E-state index is 0.0363. The molecule has 2 rings (SSSR count). The fourth-order valence-electron chi connectivity index (χ4n) is 2.06. The lowest BCUT2D eigenvalue weighted by atomic mass is 10.0. The van der Waals surface area contributed by atoms with Gasteiger partial charge in [-0.1, -0.05) is 17.2 Å². The Morgan fingerprint density at radius 3 is 2.06 bits per heavy atom. The molecule has 0 atom stereocenters. The van der Waals surface area contributed by atoms with Gasteiger partial charge in [0.2, 0.25) is 0 Å². The summed E-state index contributed by atoms with van der Waals surface area (Å²) in [5.74, 6) is 0. The second kappa shape index (κ2) is 3.67. The molecule has 0 bridgehead atoms. The number of aromatic nitrogens is 2. The zero-order chi connectivity index (χ0) is 11.9. The molecular weight excluding hydrogens is 200 g/mol. The fourth-order valence-corrected chi connectivity index (χ4v) is 2.06. The minimum Gasteiger partial charge on any atom is -0.295 e. The molecule has 3 heteroatoms. The lowest BCUT2D eigenvalue weighted by Crippen LogP contribution is -2.12. The van der Waals surface area contributed by atoms with E-state index in [1.165, 1.54) is 15.8 Å². The summed E-state index contributed by atoms with van der Waals surface area (Å²) in [5, 5.41) is 3.09. The molecule has 84 valence electrons. The number of H-pyrrole nitrogens is 1. The summed E-state index contributed by atoms with van der Waals surface area (Å²) in [7, 11) is 1.74. The van der Waals surface area contributed by atoms with Crippen molar-refractivity contribution < 1.29 is 0 Å². The zero-order valence-electron chi connectivity index (χ0n) is 10.1. The van der Waals surface area contributed by atoms with Crippen molar-refractivity contribution in [1.29, 1.82) is 0 Å². The Morgan fingerprint density at radius 1 is 1.06 bits per heavy atom.